The predicted octanol–water partition coefficient (Wildman–Crippen LogP) is 3.78. The van der Waals surface area contributed by atoms with Gasteiger partial charge in [0.15, 0.2) is 0 Å². The highest BCUT2D eigenvalue weighted by Crippen LogP contribution is 2.38. The predicted molar refractivity (Wildman–Crippen MR) is 87.3 cm³/mol. The van der Waals surface area contributed by atoms with Crippen molar-refractivity contribution in [3.63, 3.8) is 0 Å². The summed E-state index contributed by atoms with van der Waals surface area (Å²) in [5.74, 6) is 2.75. The van der Waals surface area contributed by atoms with Gasteiger partial charge in [-0.2, -0.15) is 0 Å². The Morgan fingerprint density at radius 2 is 2.19 bits per heavy atom. The minimum absolute atomic E-state index is 0.509. The summed E-state index contributed by atoms with van der Waals surface area (Å²) in [6.07, 6.45) is 3.70. The van der Waals surface area contributed by atoms with Crippen LogP contribution in [0.4, 0.5) is 17.3 Å². The van der Waals surface area contributed by atoms with Gasteiger partial charge in [-0.25, -0.2) is 9.83 Å². The van der Waals surface area contributed by atoms with E-state index in [0.717, 1.165) is 48.4 Å². The number of rotatable bonds is 3. The zero-order chi connectivity index (χ0) is 15.0. The van der Waals surface area contributed by atoms with Gasteiger partial charge < -0.3 is 9.80 Å². The van der Waals surface area contributed by atoms with Gasteiger partial charge in [-0.1, -0.05) is 13.3 Å². The minimum atomic E-state index is 0.509. The molecule has 1 aromatic heterocycles. The van der Waals surface area contributed by atoms with Gasteiger partial charge >= 0.3 is 0 Å². The standard InChI is InChI=1S/C17H24N4/c1-5-14-7-8-20(11-14)15-10-12(2)16(18-4)17(19-15)21-9-6-13(21)3/h10,13-14H,5-9,11H2,1-3H3/t13-,14-/m0/s1. The molecule has 2 saturated heterocycles. The third-order valence-corrected chi connectivity index (χ3v) is 5.04. The summed E-state index contributed by atoms with van der Waals surface area (Å²) in [6.45, 7) is 17.2. The van der Waals surface area contributed by atoms with Gasteiger partial charge in [-0.15, -0.1) is 0 Å². The Morgan fingerprint density at radius 3 is 2.71 bits per heavy atom. The highest BCUT2D eigenvalue weighted by atomic mass is 15.3. The summed E-state index contributed by atoms with van der Waals surface area (Å²) in [4.78, 5) is 13.3. The first-order chi connectivity index (χ1) is 10.1. The zero-order valence-corrected chi connectivity index (χ0v) is 13.3. The summed E-state index contributed by atoms with van der Waals surface area (Å²) in [5, 5.41) is 0. The minimum Gasteiger partial charge on any atom is -0.362 e. The van der Waals surface area contributed by atoms with Gasteiger partial charge in [0, 0.05) is 25.7 Å². The number of pyridine rings is 1. The van der Waals surface area contributed by atoms with E-state index in [2.05, 4.69) is 34.6 Å². The lowest BCUT2D eigenvalue weighted by Gasteiger charge is -2.41. The van der Waals surface area contributed by atoms with Crippen LogP contribution in [-0.2, 0) is 0 Å². The van der Waals surface area contributed by atoms with Gasteiger partial charge in [0.25, 0.3) is 0 Å². The molecule has 2 atom stereocenters. The number of hydrogen-bond donors (Lipinski definition) is 0. The molecule has 4 heteroatoms. The molecule has 0 N–H and O–H groups in total. The van der Waals surface area contributed by atoms with Crippen molar-refractivity contribution < 1.29 is 0 Å². The molecule has 0 saturated carbocycles. The summed E-state index contributed by atoms with van der Waals surface area (Å²) in [6, 6.07) is 2.61. The molecule has 2 aliphatic rings. The first-order valence-electron chi connectivity index (χ1n) is 8.04. The van der Waals surface area contributed by atoms with Crippen molar-refractivity contribution in [2.24, 2.45) is 5.92 Å². The molecule has 0 spiro atoms. The molecule has 0 amide bonds. The van der Waals surface area contributed by atoms with E-state index in [-0.39, 0.29) is 0 Å². The van der Waals surface area contributed by atoms with Crippen LogP contribution in [0.2, 0.25) is 0 Å². The van der Waals surface area contributed by atoms with Crippen LogP contribution in [0.3, 0.4) is 0 Å². The number of anilines is 2. The van der Waals surface area contributed by atoms with Crippen LogP contribution in [0, 0.1) is 19.4 Å². The van der Waals surface area contributed by atoms with Crippen molar-refractivity contribution >= 4 is 17.3 Å². The fourth-order valence-electron chi connectivity index (χ4n) is 3.34. The molecule has 0 bridgehead atoms. The van der Waals surface area contributed by atoms with Gasteiger partial charge in [-0.3, -0.25) is 0 Å². The largest absolute Gasteiger partial charge is 0.362 e. The molecule has 0 aliphatic carbocycles. The lowest BCUT2D eigenvalue weighted by atomic mass is 10.0. The smallest absolute Gasteiger partial charge is 0.231 e. The van der Waals surface area contributed by atoms with Crippen molar-refractivity contribution in [1.82, 2.24) is 4.98 Å². The average molecular weight is 284 g/mol. The first kappa shape index (κ1) is 14.2. The van der Waals surface area contributed by atoms with E-state index < -0.39 is 0 Å². The van der Waals surface area contributed by atoms with Crippen molar-refractivity contribution in [2.75, 3.05) is 29.4 Å². The summed E-state index contributed by atoms with van der Waals surface area (Å²) >= 11 is 0. The molecular weight excluding hydrogens is 260 g/mol. The second-order valence-corrected chi connectivity index (χ2v) is 6.42. The molecule has 1 aromatic rings. The first-order valence-corrected chi connectivity index (χ1v) is 8.04. The van der Waals surface area contributed by atoms with E-state index in [4.69, 9.17) is 11.6 Å². The quantitative estimate of drug-likeness (QED) is 0.789. The third-order valence-electron chi connectivity index (χ3n) is 5.04. The van der Waals surface area contributed by atoms with Crippen LogP contribution < -0.4 is 9.80 Å². The highest BCUT2D eigenvalue weighted by molar-refractivity contribution is 5.74. The fraction of sp³-hybridized carbons (Fsp3) is 0.647. The normalized spacial score (nSPS) is 24.9. The van der Waals surface area contributed by atoms with Crippen LogP contribution in [0.5, 0.6) is 0 Å². The molecule has 21 heavy (non-hydrogen) atoms. The Kier molecular flexibility index (Phi) is 3.75. The summed E-state index contributed by atoms with van der Waals surface area (Å²) < 4.78 is 0. The van der Waals surface area contributed by atoms with Crippen LogP contribution in [0.15, 0.2) is 6.07 Å². The summed E-state index contributed by atoms with van der Waals surface area (Å²) in [7, 11) is 0. The molecule has 112 valence electrons. The van der Waals surface area contributed by atoms with E-state index in [9.17, 15) is 0 Å². The van der Waals surface area contributed by atoms with Crippen LogP contribution in [0.1, 0.15) is 38.7 Å². The third kappa shape index (κ3) is 2.46. The molecule has 3 rings (SSSR count). The van der Waals surface area contributed by atoms with Crippen molar-refractivity contribution in [2.45, 2.75) is 46.1 Å². The molecule has 2 aliphatic heterocycles. The van der Waals surface area contributed by atoms with E-state index >= 15 is 0 Å². The number of aromatic nitrogens is 1. The van der Waals surface area contributed by atoms with Gasteiger partial charge in [0.2, 0.25) is 5.69 Å². The Labute approximate surface area is 127 Å². The van der Waals surface area contributed by atoms with Crippen LogP contribution in [-0.4, -0.2) is 30.7 Å². The molecule has 0 radical (unpaired) electrons. The van der Waals surface area contributed by atoms with Crippen LogP contribution in [0.25, 0.3) is 4.85 Å². The number of hydrogen-bond acceptors (Lipinski definition) is 3. The SMILES string of the molecule is [C-]#[N+]c1c(C)cc(N2CC[C@H](CC)C2)nc1N1CC[C@@H]1C. The lowest BCUT2D eigenvalue weighted by molar-refractivity contribution is 0.477. The Bertz CT molecular complexity index is 575. The highest BCUT2D eigenvalue weighted by Gasteiger charge is 2.30. The monoisotopic (exact) mass is 284 g/mol. The number of nitrogens with zero attached hydrogens (tertiary/aromatic N) is 4. The van der Waals surface area contributed by atoms with E-state index in [1.807, 2.05) is 6.92 Å². The lowest BCUT2D eigenvalue weighted by Crippen LogP contribution is -2.46. The average Bonchev–Trinajstić information content (AvgIpc) is 2.94. The maximum Gasteiger partial charge on any atom is 0.231 e. The summed E-state index contributed by atoms with van der Waals surface area (Å²) in [5.41, 5.74) is 1.79. The van der Waals surface area contributed by atoms with Gasteiger partial charge in [-0.05, 0) is 44.2 Å². The van der Waals surface area contributed by atoms with Crippen LogP contribution >= 0.6 is 0 Å². The Morgan fingerprint density at radius 1 is 1.38 bits per heavy atom. The van der Waals surface area contributed by atoms with E-state index in [1.165, 1.54) is 19.3 Å². The second-order valence-electron chi connectivity index (χ2n) is 6.42. The molecule has 0 aromatic carbocycles. The maximum absolute atomic E-state index is 7.47. The van der Waals surface area contributed by atoms with Crippen molar-refractivity contribution in [1.29, 1.82) is 0 Å². The molecule has 2 fully saturated rings. The Hall–Kier alpha value is -1.76. The van der Waals surface area contributed by atoms with E-state index in [1.54, 1.807) is 0 Å². The molecule has 3 heterocycles. The molecule has 0 unspecified atom stereocenters. The second kappa shape index (κ2) is 5.55. The zero-order valence-electron chi connectivity index (χ0n) is 13.3. The molecular formula is C17H24N4. The molecule has 4 nitrogen and oxygen atoms in total. The van der Waals surface area contributed by atoms with Crippen molar-refractivity contribution in [3.05, 3.63) is 23.0 Å². The van der Waals surface area contributed by atoms with Gasteiger partial charge in [0.05, 0.1) is 6.57 Å². The maximum atomic E-state index is 7.47. The van der Waals surface area contributed by atoms with Crippen molar-refractivity contribution in [3.8, 4) is 0 Å². The van der Waals surface area contributed by atoms with E-state index in [0.29, 0.717) is 6.04 Å². The van der Waals surface area contributed by atoms with Gasteiger partial charge in [0.1, 0.15) is 11.6 Å². The Balaban J connectivity index is 1.94. The number of aryl methyl sites for hydroxylation is 1. The topological polar surface area (TPSA) is 23.7 Å². The fourth-order valence-corrected chi connectivity index (χ4v) is 3.34.